The fraction of sp³-hybridized carbons (Fsp3) is 0.300. The van der Waals surface area contributed by atoms with Gasteiger partial charge in [-0.2, -0.15) is 0 Å². The largest absolute Gasteiger partial charge is 0.409 e. The van der Waals surface area contributed by atoms with Crippen molar-refractivity contribution in [3.63, 3.8) is 0 Å². The van der Waals surface area contributed by atoms with Crippen LogP contribution in [0.5, 0.6) is 0 Å². The van der Waals surface area contributed by atoms with Gasteiger partial charge in [0.2, 0.25) is 0 Å². The molecule has 0 saturated carbocycles. The first-order valence-electron chi connectivity index (χ1n) is 5.07. The van der Waals surface area contributed by atoms with E-state index in [1.807, 2.05) is 10.7 Å². The smallest absolute Gasteiger partial charge is 0.170 e. The van der Waals surface area contributed by atoms with Crippen LogP contribution in [0.15, 0.2) is 23.4 Å². The molecular weight excluding hydrogens is 206 g/mol. The molecule has 0 bridgehead atoms. The molecule has 2 aromatic rings. The van der Waals surface area contributed by atoms with Crippen LogP contribution >= 0.6 is 0 Å². The Morgan fingerprint density at radius 1 is 1.56 bits per heavy atom. The molecular formula is C10H13N5O. The van der Waals surface area contributed by atoms with E-state index in [1.165, 1.54) is 0 Å². The van der Waals surface area contributed by atoms with E-state index in [0.717, 1.165) is 24.0 Å². The van der Waals surface area contributed by atoms with Crippen LogP contribution in [0.4, 0.5) is 0 Å². The van der Waals surface area contributed by atoms with Crippen LogP contribution < -0.4 is 5.73 Å². The number of oxime groups is 1. The number of nitrogens with zero attached hydrogens (tertiary/aromatic N) is 4. The molecule has 6 nitrogen and oxygen atoms in total. The lowest BCUT2D eigenvalue weighted by Gasteiger charge is -2.00. The standard InChI is InChI=1S/C10H13N5O/c1-2-5-15-9-4-3-7(10(11)13-16)6-8(9)12-14-15/h3-4,6,16H,2,5H2,1H3,(H2,11,13). The third-order valence-electron chi connectivity index (χ3n) is 2.35. The molecule has 0 radical (unpaired) electrons. The van der Waals surface area contributed by atoms with E-state index in [2.05, 4.69) is 22.4 Å². The molecule has 0 aliphatic carbocycles. The minimum Gasteiger partial charge on any atom is -0.409 e. The number of aryl methyl sites for hydroxylation is 1. The van der Waals surface area contributed by atoms with Crippen molar-refractivity contribution in [2.75, 3.05) is 0 Å². The molecule has 0 aliphatic rings. The van der Waals surface area contributed by atoms with Gasteiger partial charge in [-0.15, -0.1) is 5.10 Å². The fourth-order valence-corrected chi connectivity index (χ4v) is 1.57. The van der Waals surface area contributed by atoms with E-state index in [1.54, 1.807) is 12.1 Å². The lowest BCUT2D eigenvalue weighted by atomic mass is 10.2. The normalized spacial score (nSPS) is 12.2. The lowest BCUT2D eigenvalue weighted by molar-refractivity contribution is 0.318. The summed E-state index contributed by atoms with van der Waals surface area (Å²) in [6.45, 7) is 2.91. The topological polar surface area (TPSA) is 89.3 Å². The van der Waals surface area contributed by atoms with Gasteiger partial charge in [0.1, 0.15) is 5.52 Å². The highest BCUT2D eigenvalue weighted by molar-refractivity contribution is 5.99. The van der Waals surface area contributed by atoms with Gasteiger partial charge in [0.25, 0.3) is 0 Å². The third kappa shape index (κ3) is 1.69. The van der Waals surface area contributed by atoms with E-state index >= 15 is 0 Å². The molecule has 1 heterocycles. The summed E-state index contributed by atoms with van der Waals surface area (Å²) >= 11 is 0. The SMILES string of the molecule is CCCn1nnc2cc(/C(N)=N\O)ccc21. The summed E-state index contributed by atoms with van der Waals surface area (Å²) < 4.78 is 1.84. The van der Waals surface area contributed by atoms with Crippen LogP contribution in [0, 0.1) is 0 Å². The van der Waals surface area contributed by atoms with Gasteiger partial charge in [0, 0.05) is 12.1 Å². The molecule has 16 heavy (non-hydrogen) atoms. The minimum atomic E-state index is 0.0759. The predicted octanol–water partition coefficient (Wildman–Crippen LogP) is 0.936. The Labute approximate surface area is 92.4 Å². The van der Waals surface area contributed by atoms with E-state index in [-0.39, 0.29) is 5.84 Å². The molecule has 84 valence electrons. The molecule has 0 spiro atoms. The molecule has 0 atom stereocenters. The van der Waals surface area contributed by atoms with Gasteiger partial charge in [-0.05, 0) is 24.6 Å². The lowest BCUT2D eigenvalue weighted by Crippen LogP contribution is -2.12. The zero-order valence-electron chi connectivity index (χ0n) is 8.96. The monoisotopic (exact) mass is 219 g/mol. The minimum absolute atomic E-state index is 0.0759. The molecule has 1 aromatic heterocycles. The van der Waals surface area contributed by atoms with E-state index in [0.29, 0.717) is 5.56 Å². The summed E-state index contributed by atoms with van der Waals surface area (Å²) in [6, 6.07) is 5.41. The Morgan fingerprint density at radius 2 is 2.38 bits per heavy atom. The maximum Gasteiger partial charge on any atom is 0.170 e. The highest BCUT2D eigenvalue weighted by Crippen LogP contribution is 2.13. The summed E-state index contributed by atoms with van der Waals surface area (Å²) in [7, 11) is 0. The molecule has 2 rings (SSSR count). The number of amidine groups is 1. The molecule has 0 aliphatic heterocycles. The van der Waals surface area contributed by atoms with Crippen molar-refractivity contribution in [1.82, 2.24) is 15.0 Å². The zero-order valence-corrected chi connectivity index (χ0v) is 8.96. The number of hydrogen-bond acceptors (Lipinski definition) is 4. The average Bonchev–Trinajstić information content (AvgIpc) is 2.71. The van der Waals surface area contributed by atoms with Gasteiger partial charge in [-0.1, -0.05) is 17.3 Å². The molecule has 3 N–H and O–H groups in total. The highest BCUT2D eigenvalue weighted by Gasteiger charge is 2.06. The molecule has 1 aromatic carbocycles. The van der Waals surface area contributed by atoms with Crippen molar-refractivity contribution in [3.8, 4) is 0 Å². The van der Waals surface area contributed by atoms with E-state index < -0.39 is 0 Å². The molecule has 0 unspecified atom stereocenters. The van der Waals surface area contributed by atoms with Crippen molar-refractivity contribution in [3.05, 3.63) is 23.8 Å². The highest BCUT2D eigenvalue weighted by atomic mass is 16.4. The Kier molecular flexibility index (Phi) is 2.72. The van der Waals surface area contributed by atoms with Crippen LogP contribution in [0.2, 0.25) is 0 Å². The van der Waals surface area contributed by atoms with Gasteiger partial charge in [0.15, 0.2) is 5.84 Å². The summed E-state index contributed by atoms with van der Waals surface area (Å²) in [6.07, 6.45) is 1.00. The van der Waals surface area contributed by atoms with Crippen molar-refractivity contribution in [2.24, 2.45) is 10.9 Å². The number of benzene rings is 1. The van der Waals surface area contributed by atoms with Crippen LogP contribution in [-0.4, -0.2) is 26.0 Å². The Balaban J connectivity index is 2.49. The van der Waals surface area contributed by atoms with E-state index in [4.69, 9.17) is 10.9 Å². The Morgan fingerprint density at radius 3 is 3.06 bits per heavy atom. The molecule has 6 heteroatoms. The van der Waals surface area contributed by atoms with Gasteiger partial charge in [-0.25, -0.2) is 4.68 Å². The second-order valence-electron chi connectivity index (χ2n) is 3.50. The van der Waals surface area contributed by atoms with Crippen LogP contribution in [0.25, 0.3) is 11.0 Å². The maximum absolute atomic E-state index is 8.57. The number of hydrogen-bond donors (Lipinski definition) is 2. The predicted molar refractivity (Wildman–Crippen MR) is 60.3 cm³/mol. The number of nitrogens with two attached hydrogens (primary N) is 1. The third-order valence-corrected chi connectivity index (χ3v) is 2.35. The Bertz CT molecular complexity index is 531. The van der Waals surface area contributed by atoms with Crippen molar-refractivity contribution in [2.45, 2.75) is 19.9 Å². The van der Waals surface area contributed by atoms with Gasteiger partial charge < -0.3 is 10.9 Å². The first kappa shape index (κ1) is 10.4. The van der Waals surface area contributed by atoms with Crippen LogP contribution in [0.1, 0.15) is 18.9 Å². The van der Waals surface area contributed by atoms with E-state index in [9.17, 15) is 0 Å². The van der Waals surface area contributed by atoms with Crippen LogP contribution in [-0.2, 0) is 6.54 Å². The number of fused-ring (bicyclic) bond motifs is 1. The van der Waals surface area contributed by atoms with Gasteiger partial charge in [0.05, 0.1) is 5.52 Å². The fourth-order valence-electron chi connectivity index (χ4n) is 1.57. The summed E-state index contributed by atoms with van der Waals surface area (Å²) in [4.78, 5) is 0. The zero-order chi connectivity index (χ0) is 11.5. The quantitative estimate of drug-likeness (QED) is 0.348. The van der Waals surface area contributed by atoms with Crippen molar-refractivity contribution in [1.29, 1.82) is 0 Å². The first-order valence-corrected chi connectivity index (χ1v) is 5.07. The van der Waals surface area contributed by atoms with Gasteiger partial charge in [-0.3, -0.25) is 0 Å². The maximum atomic E-state index is 8.57. The second kappa shape index (κ2) is 4.18. The number of rotatable bonds is 3. The summed E-state index contributed by atoms with van der Waals surface area (Å²) in [5, 5.41) is 19.6. The number of aromatic nitrogens is 3. The summed E-state index contributed by atoms with van der Waals surface area (Å²) in [5.41, 5.74) is 7.84. The van der Waals surface area contributed by atoms with Crippen molar-refractivity contribution >= 4 is 16.9 Å². The average molecular weight is 219 g/mol. The molecule has 0 saturated heterocycles. The van der Waals surface area contributed by atoms with Crippen LogP contribution in [0.3, 0.4) is 0 Å². The molecule has 0 fully saturated rings. The Hall–Kier alpha value is -2.11. The first-order chi connectivity index (χ1) is 7.76. The summed E-state index contributed by atoms with van der Waals surface area (Å²) in [5.74, 6) is 0.0759. The second-order valence-corrected chi connectivity index (χ2v) is 3.50. The van der Waals surface area contributed by atoms with Crippen molar-refractivity contribution < 1.29 is 5.21 Å². The van der Waals surface area contributed by atoms with Gasteiger partial charge >= 0.3 is 0 Å². The molecule has 0 amide bonds.